The highest BCUT2D eigenvalue weighted by molar-refractivity contribution is 14.0. The summed E-state index contributed by atoms with van der Waals surface area (Å²) in [6, 6.07) is 12.5. The Hall–Kier alpha value is -2.07. The number of aliphatic hydroxyl groups is 1. The normalized spacial score (nSPS) is 13.2. The van der Waals surface area contributed by atoms with Crippen molar-refractivity contribution >= 4 is 35.8 Å². The average Bonchev–Trinajstić information content (AvgIpc) is 3.19. The molecule has 1 aromatic carbocycles. The summed E-state index contributed by atoms with van der Waals surface area (Å²) in [5.74, 6) is 0.913. The van der Waals surface area contributed by atoms with Crippen molar-refractivity contribution in [3.8, 4) is 0 Å². The van der Waals surface area contributed by atoms with E-state index in [-0.39, 0.29) is 36.4 Å². The Bertz CT molecular complexity index is 703. The second-order valence-electron chi connectivity index (χ2n) is 6.00. The standard InChI is InChI=1S/C19H26N4O3.HI/c1-3-20-18(23-14-19(2,25)16-10-7-13-26-16)22-12-11-21-17(24)15-8-5-4-6-9-15;/h4-10,13,25H,3,11-12,14H2,1-2H3,(H,21,24)(H2,20,22,23);1H. The van der Waals surface area contributed by atoms with E-state index in [0.717, 1.165) is 0 Å². The van der Waals surface area contributed by atoms with Gasteiger partial charge in [-0.2, -0.15) is 0 Å². The minimum absolute atomic E-state index is 0. The van der Waals surface area contributed by atoms with Crippen molar-refractivity contribution in [1.82, 2.24) is 16.0 Å². The Labute approximate surface area is 176 Å². The number of carbonyl (C=O) groups is 1. The van der Waals surface area contributed by atoms with Gasteiger partial charge in [0.25, 0.3) is 5.91 Å². The fraction of sp³-hybridized carbons (Fsp3) is 0.368. The number of nitrogens with one attached hydrogen (secondary N) is 3. The van der Waals surface area contributed by atoms with Gasteiger partial charge in [0, 0.05) is 25.2 Å². The number of benzene rings is 1. The zero-order valence-corrected chi connectivity index (χ0v) is 17.9. The summed E-state index contributed by atoms with van der Waals surface area (Å²) in [7, 11) is 0. The van der Waals surface area contributed by atoms with Crippen molar-refractivity contribution in [3.05, 3.63) is 60.1 Å². The molecule has 1 heterocycles. The zero-order valence-electron chi connectivity index (χ0n) is 15.6. The van der Waals surface area contributed by atoms with E-state index >= 15 is 0 Å². The van der Waals surface area contributed by atoms with Crippen LogP contribution in [0.3, 0.4) is 0 Å². The molecule has 2 rings (SSSR count). The molecular formula is C19H27IN4O3. The monoisotopic (exact) mass is 486 g/mol. The third-order valence-corrected chi connectivity index (χ3v) is 3.68. The van der Waals surface area contributed by atoms with Crippen molar-refractivity contribution in [2.24, 2.45) is 4.99 Å². The Morgan fingerprint density at radius 3 is 2.44 bits per heavy atom. The minimum Gasteiger partial charge on any atom is -0.466 e. The summed E-state index contributed by atoms with van der Waals surface area (Å²) >= 11 is 0. The van der Waals surface area contributed by atoms with Crippen LogP contribution in [-0.4, -0.2) is 43.2 Å². The van der Waals surface area contributed by atoms with Crippen LogP contribution in [-0.2, 0) is 5.60 Å². The first-order valence-electron chi connectivity index (χ1n) is 8.64. The molecule has 0 saturated carbocycles. The Morgan fingerprint density at radius 2 is 1.81 bits per heavy atom. The van der Waals surface area contributed by atoms with Gasteiger partial charge in [-0.1, -0.05) is 18.2 Å². The minimum atomic E-state index is -1.19. The SMILES string of the molecule is CCNC(=NCC(C)(O)c1ccco1)NCCNC(=O)c1ccccc1.I. The molecule has 0 radical (unpaired) electrons. The van der Waals surface area contributed by atoms with Crippen molar-refractivity contribution < 1.29 is 14.3 Å². The summed E-state index contributed by atoms with van der Waals surface area (Å²) < 4.78 is 5.25. The summed E-state index contributed by atoms with van der Waals surface area (Å²) in [6.45, 7) is 5.40. The molecule has 8 heteroatoms. The fourth-order valence-corrected chi connectivity index (χ4v) is 2.29. The number of amides is 1. The van der Waals surface area contributed by atoms with E-state index in [1.54, 1.807) is 31.2 Å². The quantitative estimate of drug-likeness (QED) is 0.198. The molecule has 1 amide bonds. The number of furan rings is 1. The van der Waals surface area contributed by atoms with Gasteiger partial charge in [0.05, 0.1) is 12.8 Å². The summed E-state index contributed by atoms with van der Waals surface area (Å²) in [5.41, 5.74) is -0.560. The Morgan fingerprint density at radius 1 is 1.11 bits per heavy atom. The molecule has 2 aromatic rings. The number of rotatable bonds is 8. The van der Waals surface area contributed by atoms with Gasteiger partial charge in [0.15, 0.2) is 5.96 Å². The third kappa shape index (κ3) is 7.59. The Kier molecular flexibility index (Phi) is 9.87. The van der Waals surface area contributed by atoms with Crippen molar-refractivity contribution in [1.29, 1.82) is 0 Å². The highest BCUT2D eigenvalue weighted by atomic mass is 127. The summed E-state index contributed by atoms with van der Waals surface area (Å²) in [4.78, 5) is 16.4. The summed E-state index contributed by atoms with van der Waals surface area (Å²) in [5, 5.41) is 19.5. The van der Waals surface area contributed by atoms with Gasteiger partial charge in [-0.15, -0.1) is 24.0 Å². The molecule has 0 aliphatic heterocycles. The molecule has 7 nitrogen and oxygen atoms in total. The largest absolute Gasteiger partial charge is 0.466 e. The van der Waals surface area contributed by atoms with Crippen LogP contribution >= 0.6 is 24.0 Å². The fourth-order valence-electron chi connectivity index (χ4n) is 2.29. The van der Waals surface area contributed by atoms with Crippen LogP contribution in [0.4, 0.5) is 0 Å². The van der Waals surface area contributed by atoms with E-state index in [2.05, 4.69) is 20.9 Å². The number of hydrogen-bond donors (Lipinski definition) is 4. The van der Waals surface area contributed by atoms with Crippen molar-refractivity contribution in [2.75, 3.05) is 26.2 Å². The maximum Gasteiger partial charge on any atom is 0.251 e. The van der Waals surface area contributed by atoms with E-state index in [9.17, 15) is 9.90 Å². The molecule has 148 valence electrons. The zero-order chi connectivity index (χ0) is 18.8. The van der Waals surface area contributed by atoms with Crippen LogP contribution in [0.5, 0.6) is 0 Å². The molecule has 4 N–H and O–H groups in total. The number of guanidine groups is 1. The molecule has 1 aromatic heterocycles. The topological polar surface area (TPSA) is 98.9 Å². The molecular weight excluding hydrogens is 459 g/mol. The number of carbonyl (C=O) groups excluding carboxylic acids is 1. The Balaban J connectivity index is 0.00000364. The van der Waals surface area contributed by atoms with Crippen LogP contribution in [0, 0.1) is 0 Å². The second kappa shape index (κ2) is 11.6. The molecule has 1 atom stereocenters. The number of hydrogen-bond acceptors (Lipinski definition) is 4. The smallest absolute Gasteiger partial charge is 0.251 e. The van der Waals surface area contributed by atoms with Crippen LogP contribution in [0.25, 0.3) is 0 Å². The molecule has 0 bridgehead atoms. The highest BCUT2D eigenvalue weighted by Crippen LogP contribution is 2.20. The first kappa shape index (κ1) is 23.0. The van der Waals surface area contributed by atoms with Crippen LogP contribution in [0.15, 0.2) is 58.1 Å². The predicted molar refractivity (Wildman–Crippen MR) is 116 cm³/mol. The lowest BCUT2D eigenvalue weighted by molar-refractivity contribution is 0.0437. The molecule has 0 saturated heterocycles. The van der Waals surface area contributed by atoms with Gasteiger partial charge in [-0.25, -0.2) is 4.99 Å². The van der Waals surface area contributed by atoms with E-state index < -0.39 is 5.60 Å². The average molecular weight is 486 g/mol. The van der Waals surface area contributed by atoms with Gasteiger partial charge in [-0.05, 0) is 38.1 Å². The summed E-state index contributed by atoms with van der Waals surface area (Å²) in [6.07, 6.45) is 1.52. The van der Waals surface area contributed by atoms with Crippen molar-refractivity contribution in [2.45, 2.75) is 19.4 Å². The third-order valence-electron chi connectivity index (χ3n) is 3.68. The second-order valence-corrected chi connectivity index (χ2v) is 6.00. The van der Waals surface area contributed by atoms with Gasteiger partial charge in [0.1, 0.15) is 11.4 Å². The maximum absolute atomic E-state index is 12.0. The van der Waals surface area contributed by atoms with Gasteiger partial charge >= 0.3 is 0 Å². The molecule has 0 fully saturated rings. The van der Waals surface area contributed by atoms with Crippen LogP contribution in [0.2, 0.25) is 0 Å². The molecule has 0 aliphatic rings. The molecule has 0 aliphatic carbocycles. The van der Waals surface area contributed by atoms with Crippen LogP contribution < -0.4 is 16.0 Å². The number of halogens is 1. The maximum atomic E-state index is 12.0. The van der Waals surface area contributed by atoms with Crippen LogP contribution in [0.1, 0.15) is 30.0 Å². The van der Waals surface area contributed by atoms with Gasteiger partial charge in [0.2, 0.25) is 0 Å². The lowest BCUT2D eigenvalue weighted by Crippen LogP contribution is -2.42. The van der Waals surface area contributed by atoms with E-state index in [1.165, 1.54) is 6.26 Å². The van der Waals surface area contributed by atoms with E-state index in [1.807, 2.05) is 25.1 Å². The first-order valence-corrected chi connectivity index (χ1v) is 8.64. The lowest BCUT2D eigenvalue weighted by atomic mass is 10.0. The molecule has 1 unspecified atom stereocenters. The highest BCUT2D eigenvalue weighted by Gasteiger charge is 2.26. The number of nitrogens with zero attached hydrogens (tertiary/aromatic N) is 1. The lowest BCUT2D eigenvalue weighted by Gasteiger charge is -2.19. The van der Waals surface area contributed by atoms with E-state index in [4.69, 9.17) is 4.42 Å². The molecule has 0 spiro atoms. The predicted octanol–water partition coefficient (Wildman–Crippen LogP) is 2.09. The van der Waals surface area contributed by atoms with Gasteiger partial charge < -0.3 is 25.5 Å². The van der Waals surface area contributed by atoms with Gasteiger partial charge in [-0.3, -0.25) is 4.79 Å². The molecule has 27 heavy (non-hydrogen) atoms. The number of aliphatic imine (C=N–C) groups is 1. The van der Waals surface area contributed by atoms with E-state index in [0.29, 0.717) is 36.9 Å². The first-order chi connectivity index (χ1) is 12.5. The van der Waals surface area contributed by atoms with Crippen molar-refractivity contribution in [3.63, 3.8) is 0 Å².